The molecule has 1 aromatic rings. The third-order valence-corrected chi connectivity index (χ3v) is 5.28. The zero-order chi connectivity index (χ0) is 13.7. The van der Waals surface area contributed by atoms with E-state index < -0.39 is 0 Å². The number of ether oxygens (including phenoxy) is 1. The Morgan fingerprint density at radius 2 is 2.42 bits per heavy atom. The number of nitrogens with two attached hydrogens (primary N) is 1. The topological polar surface area (TPSA) is 38.5 Å². The molecule has 2 rings (SSSR count). The Kier molecular flexibility index (Phi) is 6.29. The normalized spacial score (nSPS) is 22.6. The van der Waals surface area contributed by atoms with Crippen molar-refractivity contribution >= 4 is 27.3 Å². The molecular weight excluding hydrogens is 324 g/mol. The Bertz CT molecular complexity index is 385. The summed E-state index contributed by atoms with van der Waals surface area (Å²) in [6.45, 7) is 5.84. The highest BCUT2D eigenvalue weighted by Gasteiger charge is 2.27. The van der Waals surface area contributed by atoms with Crippen LogP contribution in [-0.2, 0) is 4.74 Å². The Hall–Kier alpha value is 0.0600. The molecule has 1 aliphatic heterocycles. The lowest BCUT2D eigenvalue weighted by Gasteiger charge is -2.37. The third-order valence-electron chi connectivity index (χ3n) is 3.55. The summed E-state index contributed by atoms with van der Waals surface area (Å²) in [5.74, 6) is 0. The molecule has 0 aliphatic carbocycles. The highest BCUT2D eigenvalue weighted by molar-refractivity contribution is 9.11. The molecule has 1 fully saturated rings. The third kappa shape index (κ3) is 4.26. The van der Waals surface area contributed by atoms with Gasteiger partial charge in [0.05, 0.1) is 15.9 Å². The minimum atomic E-state index is 0.337. The van der Waals surface area contributed by atoms with Crippen LogP contribution in [0.5, 0.6) is 0 Å². The predicted octanol–water partition coefficient (Wildman–Crippen LogP) is 3.40. The van der Waals surface area contributed by atoms with Crippen molar-refractivity contribution in [3.63, 3.8) is 0 Å². The Morgan fingerprint density at radius 1 is 1.58 bits per heavy atom. The van der Waals surface area contributed by atoms with Gasteiger partial charge >= 0.3 is 0 Å². The second-order valence-corrected chi connectivity index (χ2v) is 7.52. The van der Waals surface area contributed by atoms with Crippen LogP contribution in [0.15, 0.2) is 15.9 Å². The van der Waals surface area contributed by atoms with Gasteiger partial charge in [-0.25, -0.2) is 0 Å². The van der Waals surface area contributed by atoms with Crippen molar-refractivity contribution in [3.05, 3.63) is 20.8 Å². The molecule has 0 aromatic carbocycles. The SMILES string of the molecule is CCCOC1CCCN(C(CN)c2ccc(Br)s2)C1. The number of likely N-dealkylation sites (tertiary alicyclic amines) is 1. The summed E-state index contributed by atoms with van der Waals surface area (Å²) in [6, 6.07) is 4.63. The van der Waals surface area contributed by atoms with Gasteiger partial charge in [0.15, 0.2) is 0 Å². The van der Waals surface area contributed by atoms with E-state index in [9.17, 15) is 0 Å². The van der Waals surface area contributed by atoms with Gasteiger partial charge < -0.3 is 10.5 Å². The van der Waals surface area contributed by atoms with Gasteiger partial charge in [-0.3, -0.25) is 4.90 Å². The van der Waals surface area contributed by atoms with Crippen LogP contribution in [0.2, 0.25) is 0 Å². The monoisotopic (exact) mass is 346 g/mol. The van der Waals surface area contributed by atoms with Crippen LogP contribution < -0.4 is 5.73 Å². The second kappa shape index (κ2) is 7.74. The summed E-state index contributed by atoms with van der Waals surface area (Å²) in [7, 11) is 0. The summed E-state index contributed by atoms with van der Waals surface area (Å²) < 4.78 is 7.09. The largest absolute Gasteiger partial charge is 0.377 e. The van der Waals surface area contributed by atoms with Crippen molar-refractivity contribution in [1.29, 1.82) is 0 Å². The van der Waals surface area contributed by atoms with E-state index in [0.717, 1.165) is 26.1 Å². The molecule has 3 nitrogen and oxygen atoms in total. The number of hydrogen-bond acceptors (Lipinski definition) is 4. The summed E-state index contributed by atoms with van der Waals surface area (Å²) >= 11 is 5.32. The van der Waals surface area contributed by atoms with Gasteiger partial charge in [0.25, 0.3) is 0 Å². The molecule has 2 unspecified atom stereocenters. The van der Waals surface area contributed by atoms with E-state index in [0.29, 0.717) is 18.7 Å². The lowest BCUT2D eigenvalue weighted by atomic mass is 10.0. The minimum Gasteiger partial charge on any atom is -0.377 e. The average Bonchev–Trinajstić information content (AvgIpc) is 2.84. The number of rotatable bonds is 6. The lowest BCUT2D eigenvalue weighted by Crippen LogP contribution is -2.43. The van der Waals surface area contributed by atoms with Crippen LogP contribution in [0.3, 0.4) is 0 Å². The van der Waals surface area contributed by atoms with Crippen molar-refractivity contribution < 1.29 is 4.74 Å². The molecule has 1 aliphatic rings. The van der Waals surface area contributed by atoms with Gasteiger partial charge in [-0.1, -0.05) is 6.92 Å². The van der Waals surface area contributed by atoms with Crippen LogP contribution in [0.4, 0.5) is 0 Å². The molecule has 2 atom stereocenters. The van der Waals surface area contributed by atoms with Gasteiger partial charge in [-0.2, -0.15) is 0 Å². The molecule has 1 aromatic heterocycles. The van der Waals surface area contributed by atoms with E-state index in [4.69, 9.17) is 10.5 Å². The molecule has 108 valence electrons. The Labute approximate surface area is 128 Å². The first-order valence-electron chi connectivity index (χ1n) is 7.05. The second-order valence-electron chi connectivity index (χ2n) is 5.02. The van der Waals surface area contributed by atoms with Crippen molar-refractivity contribution in [2.45, 2.75) is 38.3 Å². The Morgan fingerprint density at radius 3 is 3.05 bits per heavy atom. The number of halogens is 1. The summed E-state index contributed by atoms with van der Waals surface area (Å²) in [4.78, 5) is 3.84. The van der Waals surface area contributed by atoms with Gasteiger partial charge in [0.1, 0.15) is 0 Å². The van der Waals surface area contributed by atoms with E-state index in [1.165, 1.54) is 21.5 Å². The number of thiophene rings is 1. The van der Waals surface area contributed by atoms with Gasteiger partial charge in [0, 0.05) is 24.6 Å². The van der Waals surface area contributed by atoms with E-state index in [-0.39, 0.29) is 0 Å². The number of piperidine rings is 1. The average molecular weight is 347 g/mol. The highest BCUT2D eigenvalue weighted by atomic mass is 79.9. The maximum absolute atomic E-state index is 6.00. The quantitative estimate of drug-likeness (QED) is 0.857. The van der Waals surface area contributed by atoms with Crippen molar-refractivity contribution in [2.24, 2.45) is 5.73 Å². The highest BCUT2D eigenvalue weighted by Crippen LogP contribution is 2.32. The van der Waals surface area contributed by atoms with Crippen LogP contribution in [0.1, 0.15) is 37.1 Å². The predicted molar refractivity (Wildman–Crippen MR) is 84.7 cm³/mol. The zero-order valence-electron chi connectivity index (χ0n) is 11.5. The van der Waals surface area contributed by atoms with E-state index in [2.05, 4.69) is 39.9 Å². The fraction of sp³-hybridized carbons (Fsp3) is 0.714. The maximum atomic E-state index is 6.00. The van der Waals surface area contributed by atoms with Crippen molar-refractivity contribution in [2.75, 3.05) is 26.2 Å². The zero-order valence-corrected chi connectivity index (χ0v) is 13.9. The molecule has 1 saturated heterocycles. The van der Waals surface area contributed by atoms with E-state index in [1.807, 2.05) is 0 Å². The standard InChI is InChI=1S/C14H23BrN2OS/c1-2-8-18-11-4-3-7-17(10-11)12(9-16)13-5-6-14(15)19-13/h5-6,11-12H,2-4,7-10,16H2,1H3. The fourth-order valence-electron chi connectivity index (χ4n) is 2.62. The van der Waals surface area contributed by atoms with Crippen LogP contribution in [0, 0.1) is 0 Å². The number of nitrogens with zero attached hydrogens (tertiary/aromatic N) is 1. The molecule has 5 heteroatoms. The first-order chi connectivity index (χ1) is 9.24. The molecule has 19 heavy (non-hydrogen) atoms. The molecule has 2 N–H and O–H groups in total. The van der Waals surface area contributed by atoms with Gasteiger partial charge in [-0.15, -0.1) is 11.3 Å². The minimum absolute atomic E-state index is 0.337. The summed E-state index contributed by atoms with van der Waals surface area (Å²) in [5, 5.41) is 0. The summed E-state index contributed by atoms with van der Waals surface area (Å²) in [6.07, 6.45) is 3.86. The van der Waals surface area contributed by atoms with E-state index >= 15 is 0 Å². The molecule has 2 heterocycles. The van der Waals surface area contributed by atoms with E-state index in [1.54, 1.807) is 11.3 Å². The van der Waals surface area contributed by atoms with Crippen LogP contribution >= 0.6 is 27.3 Å². The molecule has 0 bridgehead atoms. The first-order valence-corrected chi connectivity index (χ1v) is 8.66. The molecule has 0 spiro atoms. The maximum Gasteiger partial charge on any atom is 0.0702 e. The molecule has 0 radical (unpaired) electrons. The van der Waals surface area contributed by atoms with Crippen molar-refractivity contribution in [3.8, 4) is 0 Å². The van der Waals surface area contributed by atoms with Gasteiger partial charge in [0.2, 0.25) is 0 Å². The van der Waals surface area contributed by atoms with Crippen molar-refractivity contribution in [1.82, 2.24) is 4.90 Å². The molecule has 0 amide bonds. The lowest BCUT2D eigenvalue weighted by molar-refractivity contribution is -0.0114. The molecule has 0 saturated carbocycles. The summed E-state index contributed by atoms with van der Waals surface area (Å²) in [5.41, 5.74) is 6.00. The van der Waals surface area contributed by atoms with Gasteiger partial charge in [-0.05, 0) is 53.9 Å². The Balaban J connectivity index is 1.98. The first kappa shape index (κ1) is 15.4. The van der Waals surface area contributed by atoms with Crippen LogP contribution in [-0.4, -0.2) is 37.2 Å². The fourth-order valence-corrected chi connectivity index (χ4v) is 4.19. The smallest absolute Gasteiger partial charge is 0.0702 e. The number of hydrogen-bond donors (Lipinski definition) is 1. The van der Waals surface area contributed by atoms with Crippen LogP contribution in [0.25, 0.3) is 0 Å². The molecular formula is C14H23BrN2OS.